The molecule has 3 N–H and O–H groups in total. The van der Waals surface area contributed by atoms with Gasteiger partial charge in [-0.3, -0.25) is 5.10 Å². The van der Waals surface area contributed by atoms with Gasteiger partial charge in [0.25, 0.3) is 0 Å². The predicted molar refractivity (Wildman–Crippen MR) is 70.1 cm³/mol. The van der Waals surface area contributed by atoms with E-state index in [1.165, 1.54) is 0 Å². The lowest BCUT2D eigenvalue weighted by Gasteiger charge is -2.24. The minimum absolute atomic E-state index is 0.114. The number of nitrogens with zero attached hydrogens (tertiary/aromatic N) is 2. The van der Waals surface area contributed by atoms with Crippen LogP contribution in [0, 0.1) is 0 Å². The lowest BCUT2D eigenvalue weighted by Crippen LogP contribution is -2.34. The molecular formula is C12H13ClN4O2. The predicted octanol–water partition coefficient (Wildman–Crippen LogP) is 1.49. The standard InChI is InChI=1S/C12H13ClN4O2/c13-9-4-7(10-6-19-2-1-14-10)3-8(5-9)11-15-12(18)17-16-11/h3-5,10,14H,1-2,6H2,(H2,15,16,17,18)/t10-/m0/s1. The van der Waals surface area contributed by atoms with Gasteiger partial charge in [-0.1, -0.05) is 11.6 Å². The number of morpholine rings is 1. The number of aromatic nitrogens is 3. The average molecular weight is 281 g/mol. The molecule has 1 atom stereocenters. The fraction of sp³-hybridized carbons (Fsp3) is 0.333. The number of halogens is 1. The highest BCUT2D eigenvalue weighted by atomic mass is 35.5. The van der Waals surface area contributed by atoms with Gasteiger partial charge in [-0.05, 0) is 23.8 Å². The molecule has 2 heterocycles. The maximum absolute atomic E-state index is 9.18. The van der Waals surface area contributed by atoms with Crippen LogP contribution in [0.3, 0.4) is 0 Å². The van der Waals surface area contributed by atoms with Gasteiger partial charge in [-0.2, -0.15) is 4.98 Å². The quantitative estimate of drug-likeness (QED) is 0.776. The molecule has 19 heavy (non-hydrogen) atoms. The van der Waals surface area contributed by atoms with E-state index in [1.807, 2.05) is 12.1 Å². The number of ether oxygens (including phenoxy) is 1. The molecule has 1 aliphatic rings. The molecule has 0 radical (unpaired) electrons. The summed E-state index contributed by atoms with van der Waals surface area (Å²) in [5.74, 6) is 0.484. The van der Waals surface area contributed by atoms with E-state index >= 15 is 0 Å². The van der Waals surface area contributed by atoms with Crippen molar-refractivity contribution in [1.29, 1.82) is 0 Å². The molecule has 2 aromatic rings. The van der Waals surface area contributed by atoms with E-state index in [4.69, 9.17) is 16.3 Å². The van der Waals surface area contributed by atoms with Gasteiger partial charge in [-0.15, -0.1) is 5.10 Å². The van der Waals surface area contributed by atoms with Gasteiger partial charge in [0.2, 0.25) is 0 Å². The van der Waals surface area contributed by atoms with E-state index in [-0.39, 0.29) is 12.1 Å². The Kier molecular flexibility index (Phi) is 3.37. The summed E-state index contributed by atoms with van der Waals surface area (Å²) in [6.45, 7) is 2.15. The van der Waals surface area contributed by atoms with Crippen LogP contribution in [0.2, 0.25) is 5.02 Å². The van der Waals surface area contributed by atoms with Crippen molar-refractivity contribution in [1.82, 2.24) is 20.5 Å². The molecule has 3 rings (SSSR count). The zero-order chi connectivity index (χ0) is 13.2. The van der Waals surface area contributed by atoms with Gasteiger partial charge in [-0.25, -0.2) is 0 Å². The Morgan fingerprint density at radius 2 is 2.26 bits per heavy atom. The fourth-order valence-electron chi connectivity index (χ4n) is 2.11. The Hall–Kier alpha value is -1.63. The first-order valence-electron chi connectivity index (χ1n) is 5.96. The van der Waals surface area contributed by atoms with E-state index in [9.17, 15) is 5.11 Å². The van der Waals surface area contributed by atoms with Crippen LogP contribution in [0.1, 0.15) is 11.6 Å². The van der Waals surface area contributed by atoms with Crippen molar-refractivity contribution in [2.24, 2.45) is 0 Å². The first-order chi connectivity index (χ1) is 9.22. The summed E-state index contributed by atoms with van der Waals surface area (Å²) < 4.78 is 5.44. The Labute approximate surface area is 114 Å². The van der Waals surface area contributed by atoms with E-state index in [2.05, 4.69) is 20.5 Å². The van der Waals surface area contributed by atoms with Crippen LogP contribution in [-0.4, -0.2) is 40.0 Å². The largest absolute Gasteiger partial charge is 0.478 e. The normalized spacial score (nSPS) is 19.5. The molecule has 0 unspecified atom stereocenters. The lowest BCUT2D eigenvalue weighted by atomic mass is 10.0. The highest BCUT2D eigenvalue weighted by Gasteiger charge is 2.17. The number of hydrogen-bond donors (Lipinski definition) is 3. The van der Waals surface area contributed by atoms with Crippen molar-refractivity contribution in [3.63, 3.8) is 0 Å². The molecule has 0 saturated carbocycles. The maximum Gasteiger partial charge on any atom is 0.333 e. The number of nitrogens with one attached hydrogen (secondary N) is 2. The molecule has 0 bridgehead atoms. The summed E-state index contributed by atoms with van der Waals surface area (Å²) in [5, 5.41) is 19.4. The third-order valence-electron chi connectivity index (χ3n) is 2.99. The van der Waals surface area contributed by atoms with E-state index in [1.54, 1.807) is 6.07 Å². The molecule has 6 nitrogen and oxygen atoms in total. The van der Waals surface area contributed by atoms with Crippen LogP contribution >= 0.6 is 11.6 Å². The highest BCUT2D eigenvalue weighted by molar-refractivity contribution is 6.30. The van der Waals surface area contributed by atoms with Gasteiger partial charge >= 0.3 is 6.01 Å². The summed E-state index contributed by atoms with van der Waals surface area (Å²) in [4.78, 5) is 3.89. The topological polar surface area (TPSA) is 83.1 Å². The van der Waals surface area contributed by atoms with Crippen molar-refractivity contribution in [3.05, 3.63) is 28.8 Å². The molecule has 0 amide bonds. The average Bonchev–Trinajstić information content (AvgIpc) is 2.86. The number of benzene rings is 1. The van der Waals surface area contributed by atoms with Crippen molar-refractivity contribution in [2.75, 3.05) is 19.8 Å². The number of rotatable bonds is 2. The van der Waals surface area contributed by atoms with Crippen LogP contribution in [0.15, 0.2) is 18.2 Å². The van der Waals surface area contributed by atoms with Crippen LogP contribution in [0.4, 0.5) is 0 Å². The second-order valence-electron chi connectivity index (χ2n) is 4.34. The molecule has 1 aromatic heterocycles. The monoisotopic (exact) mass is 280 g/mol. The lowest BCUT2D eigenvalue weighted by molar-refractivity contribution is 0.0769. The smallest absolute Gasteiger partial charge is 0.333 e. The summed E-state index contributed by atoms with van der Waals surface area (Å²) in [6.07, 6.45) is 0. The first kappa shape index (κ1) is 12.4. The van der Waals surface area contributed by atoms with Crippen molar-refractivity contribution in [2.45, 2.75) is 6.04 Å². The zero-order valence-corrected chi connectivity index (χ0v) is 10.8. The Morgan fingerprint density at radius 1 is 1.37 bits per heavy atom. The molecule has 0 aliphatic carbocycles. The third kappa shape index (κ3) is 2.70. The minimum atomic E-state index is -0.282. The molecule has 1 aliphatic heterocycles. The molecule has 0 spiro atoms. The maximum atomic E-state index is 9.18. The van der Waals surface area contributed by atoms with Crippen molar-refractivity contribution >= 4 is 11.6 Å². The molecule has 7 heteroatoms. The summed E-state index contributed by atoms with van der Waals surface area (Å²) in [5.41, 5.74) is 1.81. The van der Waals surface area contributed by atoms with Gasteiger partial charge in [0, 0.05) is 17.1 Å². The summed E-state index contributed by atoms with van der Waals surface area (Å²) >= 11 is 6.13. The van der Waals surface area contributed by atoms with Gasteiger partial charge in [0.05, 0.1) is 19.3 Å². The Bertz CT molecular complexity index is 581. The number of H-pyrrole nitrogens is 1. The first-order valence-corrected chi connectivity index (χ1v) is 6.33. The van der Waals surface area contributed by atoms with Gasteiger partial charge < -0.3 is 15.2 Å². The van der Waals surface area contributed by atoms with Crippen molar-refractivity contribution < 1.29 is 9.84 Å². The third-order valence-corrected chi connectivity index (χ3v) is 3.21. The van der Waals surface area contributed by atoms with E-state index in [0.717, 1.165) is 24.3 Å². The van der Waals surface area contributed by atoms with Crippen LogP contribution < -0.4 is 5.32 Å². The van der Waals surface area contributed by atoms with Gasteiger partial charge in [0.1, 0.15) is 0 Å². The van der Waals surface area contributed by atoms with E-state index in [0.29, 0.717) is 17.5 Å². The van der Waals surface area contributed by atoms with E-state index < -0.39 is 0 Å². The molecular weight excluding hydrogens is 268 g/mol. The second kappa shape index (κ2) is 5.16. The number of aromatic amines is 1. The molecule has 1 aromatic carbocycles. The molecule has 1 fully saturated rings. The summed E-state index contributed by atoms with van der Waals surface area (Å²) in [7, 11) is 0. The number of hydrogen-bond acceptors (Lipinski definition) is 5. The zero-order valence-electron chi connectivity index (χ0n) is 10.1. The number of aromatic hydroxyl groups is 1. The van der Waals surface area contributed by atoms with Crippen LogP contribution in [0.25, 0.3) is 11.4 Å². The Morgan fingerprint density at radius 3 is 2.95 bits per heavy atom. The SMILES string of the molecule is Oc1n[nH]c(-c2cc(Cl)cc([C@@H]3COCCN3)c2)n1. The molecule has 100 valence electrons. The van der Waals surface area contributed by atoms with Gasteiger partial charge in [0.15, 0.2) is 5.82 Å². The van der Waals surface area contributed by atoms with Crippen LogP contribution in [0.5, 0.6) is 6.01 Å². The Balaban J connectivity index is 1.95. The fourth-order valence-corrected chi connectivity index (χ4v) is 2.36. The van der Waals surface area contributed by atoms with Crippen LogP contribution in [-0.2, 0) is 4.74 Å². The van der Waals surface area contributed by atoms with Crippen molar-refractivity contribution in [3.8, 4) is 17.4 Å². The minimum Gasteiger partial charge on any atom is -0.478 e. The highest BCUT2D eigenvalue weighted by Crippen LogP contribution is 2.27. The summed E-state index contributed by atoms with van der Waals surface area (Å²) in [6, 6.07) is 5.46. The second-order valence-corrected chi connectivity index (χ2v) is 4.78. The molecule has 1 saturated heterocycles.